The normalized spacial score (nSPS) is 10.5. The molecule has 0 atom stereocenters. The van der Waals surface area contributed by atoms with Crippen molar-refractivity contribution >= 4 is 33.9 Å². The molecular formula is C10H8ClN3O2S. The number of nitrogens with zero attached hydrogens (tertiary/aromatic N) is 2. The van der Waals surface area contributed by atoms with Crippen molar-refractivity contribution in [3.05, 3.63) is 41.7 Å². The molecule has 0 spiro atoms. The molecule has 1 aromatic carbocycles. The number of thiol groups is 1. The van der Waals surface area contributed by atoms with Crippen LogP contribution in [-0.4, -0.2) is 18.4 Å². The first-order valence-corrected chi connectivity index (χ1v) is 6.21. The Morgan fingerprint density at radius 3 is 2.41 bits per heavy atom. The molecule has 0 fully saturated rings. The highest BCUT2D eigenvalue weighted by Crippen LogP contribution is 2.15. The highest BCUT2D eigenvalue weighted by Gasteiger charge is 1.99. The van der Waals surface area contributed by atoms with Gasteiger partial charge in [0, 0.05) is 11.9 Å². The maximum Gasteiger partial charge on any atom is 0.228 e. The van der Waals surface area contributed by atoms with Gasteiger partial charge in [0.25, 0.3) is 0 Å². The van der Waals surface area contributed by atoms with Crippen LogP contribution in [0.2, 0.25) is 5.15 Å². The summed E-state index contributed by atoms with van der Waals surface area (Å²) in [5.74, 6) is 0.358. The molecule has 0 amide bonds. The predicted octanol–water partition coefficient (Wildman–Crippen LogP) is 1.84. The van der Waals surface area contributed by atoms with E-state index in [2.05, 4.69) is 15.3 Å². The third kappa shape index (κ3) is 3.15. The van der Waals surface area contributed by atoms with E-state index in [9.17, 15) is 8.42 Å². The SMILES string of the molecule is O=[SH](=O)c1ccc(Nc2nccc(Cl)n2)cc1. The van der Waals surface area contributed by atoms with E-state index in [1.54, 1.807) is 18.2 Å². The van der Waals surface area contributed by atoms with E-state index in [1.807, 2.05) is 0 Å². The fraction of sp³-hybridized carbons (Fsp3) is 0. The van der Waals surface area contributed by atoms with Crippen molar-refractivity contribution in [1.29, 1.82) is 0 Å². The van der Waals surface area contributed by atoms with Gasteiger partial charge in [-0.15, -0.1) is 0 Å². The lowest BCUT2D eigenvalue weighted by atomic mass is 10.3. The van der Waals surface area contributed by atoms with Gasteiger partial charge >= 0.3 is 0 Å². The Balaban J connectivity index is 2.19. The number of nitrogens with one attached hydrogen (secondary N) is 1. The van der Waals surface area contributed by atoms with Gasteiger partial charge < -0.3 is 5.32 Å². The summed E-state index contributed by atoms with van der Waals surface area (Å²) >= 11 is 5.71. The van der Waals surface area contributed by atoms with Crippen LogP contribution in [0.4, 0.5) is 11.6 Å². The Kier molecular flexibility index (Phi) is 3.55. The van der Waals surface area contributed by atoms with Gasteiger partial charge in [-0.25, -0.2) is 18.4 Å². The lowest BCUT2D eigenvalue weighted by molar-refractivity contribution is 0.614. The van der Waals surface area contributed by atoms with Crippen LogP contribution in [-0.2, 0) is 10.7 Å². The van der Waals surface area contributed by atoms with Crippen molar-refractivity contribution in [3.8, 4) is 0 Å². The second-order valence-corrected chi connectivity index (χ2v) is 4.55. The largest absolute Gasteiger partial charge is 0.324 e. The summed E-state index contributed by atoms with van der Waals surface area (Å²) in [6.45, 7) is 0. The van der Waals surface area contributed by atoms with Crippen LogP contribution in [0.3, 0.4) is 0 Å². The molecule has 1 heterocycles. The summed E-state index contributed by atoms with van der Waals surface area (Å²) < 4.78 is 21.4. The highest BCUT2D eigenvalue weighted by atomic mass is 35.5. The number of rotatable bonds is 3. The van der Waals surface area contributed by atoms with Gasteiger partial charge in [0.15, 0.2) is 10.7 Å². The lowest BCUT2D eigenvalue weighted by Crippen LogP contribution is -1.96. The van der Waals surface area contributed by atoms with Gasteiger partial charge in [-0.3, -0.25) is 0 Å². The first-order valence-electron chi connectivity index (χ1n) is 4.65. The van der Waals surface area contributed by atoms with Crippen molar-refractivity contribution in [2.24, 2.45) is 0 Å². The molecule has 0 aliphatic rings. The number of hydrogen-bond donors (Lipinski definition) is 2. The van der Waals surface area contributed by atoms with E-state index in [-0.39, 0.29) is 4.90 Å². The number of halogens is 1. The van der Waals surface area contributed by atoms with Gasteiger partial charge in [0.2, 0.25) is 5.95 Å². The van der Waals surface area contributed by atoms with E-state index in [4.69, 9.17) is 11.6 Å². The van der Waals surface area contributed by atoms with Gasteiger partial charge in [-0.05, 0) is 30.3 Å². The monoisotopic (exact) mass is 269 g/mol. The van der Waals surface area contributed by atoms with Crippen LogP contribution in [0, 0.1) is 0 Å². The number of benzene rings is 1. The standard InChI is InChI=1S/C10H8ClN3O2S/c11-9-5-6-12-10(14-9)13-7-1-3-8(4-2-7)17(15)16/h1-6,17H,(H,12,13,14). The van der Waals surface area contributed by atoms with Crippen molar-refractivity contribution in [2.75, 3.05) is 5.32 Å². The Bertz CT molecular complexity index is 591. The smallest absolute Gasteiger partial charge is 0.228 e. The predicted molar refractivity (Wildman–Crippen MR) is 65.3 cm³/mol. The zero-order valence-corrected chi connectivity index (χ0v) is 10.2. The first kappa shape index (κ1) is 11.8. The van der Waals surface area contributed by atoms with Crippen molar-refractivity contribution in [2.45, 2.75) is 4.90 Å². The Morgan fingerprint density at radius 1 is 1.12 bits per heavy atom. The van der Waals surface area contributed by atoms with E-state index >= 15 is 0 Å². The fourth-order valence-electron chi connectivity index (χ4n) is 1.19. The molecule has 0 saturated heterocycles. The maximum absolute atomic E-state index is 10.7. The summed E-state index contributed by atoms with van der Waals surface area (Å²) in [4.78, 5) is 8.18. The first-order chi connectivity index (χ1) is 8.15. The Hall–Kier alpha value is -1.66. The molecule has 2 aromatic rings. The molecule has 88 valence electrons. The molecule has 0 aliphatic carbocycles. The molecule has 5 nitrogen and oxygen atoms in total. The molecule has 7 heteroatoms. The summed E-state index contributed by atoms with van der Waals surface area (Å²) in [7, 11) is -2.55. The van der Waals surface area contributed by atoms with Crippen LogP contribution >= 0.6 is 11.6 Å². The average Bonchev–Trinajstić information content (AvgIpc) is 2.29. The molecule has 17 heavy (non-hydrogen) atoms. The van der Waals surface area contributed by atoms with E-state index in [0.717, 1.165) is 0 Å². The highest BCUT2D eigenvalue weighted by molar-refractivity contribution is 7.72. The number of hydrogen-bond acceptors (Lipinski definition) is 5. The minimum absolute atomic E-state index is 0.262. The third-order valence-electron chi connectivity index (χ3n) is 1.96. The van der Waals surface area contributed by atoms with Gasteiger partial charge in [-0.2, -0.15) is 0 Å². The summed E-state index contributed by atoms with van der Waals surface area (Å²) in [5, 5.41) is 3.24. The molecule has 0 radical (unpaired) electrons. The quantitative estimate of drug-likeness (QED) is 0.657. The zero-order valence-electron chi connectivity index (χ0n) is 8.50. The van der Waals surface area contributed by atoms with Crippen LogP contribution in [0.15, 0.2) is 41.4 Å². The fourth-order valence-corrected chi connectivity index (χ4v) is 1.72. The summed E-state index contributed by atoms with van der Waals surface area (Å²) in [5.41, 5.74) is 0.688. The van der Waals surface area contributed by atoms with Crippen molar-refractivity contribution in [3.63, 3.8) is 0 Å². The van der Waals surface area contributed by atoms with Gasteiger partial charge in [0.05, 0.1) is 4.90 Å². The third-order valence-corrected chi connectivity index (χ3v) is 2.89. The molecule has 0 bridgehead atoms. The molecule has 0 aliphatic heterocycles. The lowest BCUT2D eigenvalue weighted by Gasteiger charge is -2.04. The zero-order chi connectivity index (χ0) is 12.3. The van der Waals surface area contributed by atoms with Crippen molar-refractivity contribution in [1.82, 2.24) is 9.97 Å². The second-order valence-electron chi connectivity index (χ2n) is 3.13. The molecule has 0 unspecified atom stereocenters. The van der Waals surface area contributed by atoms with Crippen LogP contribution < -0.4 is 5.32 Å². The van der Waals surface area contributed by atoms with Gasteiger partial charge in [0.1, 0.15) is 5.15 Å². The van der Waals surface area contributed by atoms with Gasteiger partial charge in [-0.1, -0.05) is 11.6 Å². The van der Waals surface area contributed by atoms with E-state index in [1.165, 1.54) is 18.3 Å². The number of anilines is 2. The van der Waals surface area contributed by atoms with Crippen LogP contribution in [0.5, 0.6) is 0 Å². The molecule has 2 rings (SSSR count). The Labute approximate surface area is 104 Å². The van der Waals surface area contributed by atoms with Crippen LogP contribution in [0.25, 0.3) is 0 Å². The molecule has 1 N–H and O–H groups in total. The Morgan fingerprint density at radius 2 is 1.82 bits per heavy atom. The average molecular weight is 270 g/mol. The summed E-state index contributed by atoms with van der Waals surface area (Å²) in [6, 6.07) is 7.82. The van der Waals surface area contributed by atoms with E-state index in [0.29, 0.717) is 16.8 Å². The molecular weight excluding hydrogens is 262 g/mol. The van der Waals surface area contributed by atoms with E-state index < -0.39 is 10.7 Å². The number of aromatic nitrogens is 2. The minimum atomic E-state index is -2.55. The molecule has 1 aromatic heterocycles. The minimum Gasteiger partial charge on any atom is -0.324 e. The summed E-state index contributed by atoms with van der Waals surface area (Å²) in [6.07, 6.45) is 1.53. The second kappa shape index (κ2) is 5.11. The van der Waals surface area contributed by atoms with Crippen molar-refractivity contribution < 1.29 is 8.42 Å². The topological polar surface area (TPSA) is 72.0 Å². The maximum atomic E-state index is 10.7. The molecule has 0 saturated carbocycles. The van der Waals surface area contributed by atoms with Crippen LogP contribution in [0.1, 0.15) is 0 Å².